The van der Waals surface area contributed by atoms with Crippen LogP contribution in [0.4, 0.5) is 5.69 Å². The zero-order valence-electron chi connectivity index (χ0n) is 11.2. The fraction of sp³-hybridized carbons (Fsp3) is 0.538. The minimum atomic E-state index is -3.52. The fourth-order valence-corrected chi connectivity index (χ4v) is 3.56. The molecule has 0 aliphatic carbocycles. The molecule has 0 aromatic heterocycles. The van der Waals surface area contributed by atoms with Gasteiger partial charge in [-0.2, -0.15) is 0 Å². The number of aryl methyl sites for hydroxylation is 1. The van der Waals surface area contributed by atoms with Crippen LogP contribution in [0, 0.1) is 6.92 Å². The second-order valence-corrected chi connectivity index (χ2v) is 6.69. The summed E-state index contributed by atoms with van der Waals surface area (Å²) in [5.74, 6) is 0. The van der Waals surface area contributed by atoms with Crippen LogP contribution in [-0.2, 0) is 14.8 Å². The molecule has 1 aliphatic rings. The molecule has 0 bridgehead atoms. The summed E-state index contributed by atoms with van der Waals surface area (Å²) in [7, 11) is -3.52. The van der Waals surface area contributed by atoms with Gasteiger partial charge in [-0.05, 0) is 50.5 Å². The third kappa shape index (κ3) is 3.26. The van der Waals surface area contributed by atoms with Crippen LogP contribution in [-0.4, -0.2) is 27.2 Å². The first-order valence-electron chi connectivity index (χ1n) is 6.40. The molecule has 106 valence electrons. The van der Waals surface area contributed by atoms with Gasteiger partial charge in [0.15, 0.2) is 0 Å². The third-order valence-electron chi connectivity index (χ3n) is 3.42. The number of hydrogen-bond acceptors (Lipinski definition) is 4. The maximum atomic E-state index is 12.3. The lowest BCUT2D eigenvalue weighted by atomic mass is 10.1. The molecule has 1 aliphatic heterocycles. The van der Waals surface area contributed by atoms with Crippen LogP contribution >= 0.6 is 0 Å². The lowest BCUT2D eigenvalue weighted by Crippen LogP contribution is -2.40. The number of nitrogen functional groups attached to an aromatic ring is 1. The van der Waals surface area contributed by atoms with Crippen LogP contribution < -0.4 is 10.5 Å². The molecule has 1 aromatic carbocycles. The van der Waals surface area contributed by atoms with Crippen molar-refractivity contribution in [3.63, 3.8) is 0 Å². The van der Waals surface area contributed by atoms with Crippen LogP contribution in [0.15, 0.2) is 23.1 Å². The summed E-state index contributed by atoms with van der Waals surface area (Å²) < 4.78 is 32.7. The fourth-order valence-electron chi connectivity index (χ4n) is 2.20. The largest absolute Gasteiger partial charge is 0.399 e. The van der Waals surface area contributed by atoms with E-state index in [2.05, 4.69) is 4.72 Å². The Morgan fingerprint density at radius 3 is 2.79 bits per heavy atom. The Labute approximate surface area is 114 Å². The average Bonchev–Trinajstić information content (AvgIpc) is 2.85. The Morgan fingerprint density at radius 2 is 2.21 bits per heavy atom. The maximum Gasteiger partial charge on any atom is 0.240 e. The number of rotatable bonds is 4. The number of sulfonamides is 1. The number of hydrogen-bond donors (Lipinski definition) is 2. The van der Waals surface area contributed by atoms with Gasteiger partial charge in [0.2, 0.25) is 10.0 Å². The van der Waals surface area contributed by atoms with E-state index < -0.39 is 10.0 Å². The molecule has 1 saturated heterocycles. The SMILES string of the molecule is Cc1cc(S(=O)(=O)NC(C)C2CCCO2)ccc1N. The number of nitrogens with one attached hydrogen (secondary N) is 1. The van der Waals surface area contributed by atoms with Gasteiger partial charge in [0.1, 0.15) is 0 Å². The van der Waals surface area contributed by atoms with Crippen LogP contribution in [0.3, 0.4) is 0 Å². The molecule has 0 saturated carbocycles. The van der Waals surface area contributed by atoms with Gasteiger partial charge in [-0.1, -0.05) is 0 Å². The molecule has 1 fully saturated rings. The van der Waals surface area contributed by atoms with Crippen molar-refractivity contribution >= 4 is 15.7 Å². The van der Waals surface area contributed by atoms with Crippen molar-refractivity contribution in [2.45, 2.75) is 43.7 Å². The van der Waals surface area contributed by atoms with Gasteiger partial charge in [-0.3, -0.25) is 0 Å². The van der Waals surface area contributed by atoms with Crippen molar-refractivity contribution in [2.24, 2.45) is 0 Å². The smallest absolute Gasteiger partial charge is 0.240 e. The van der Waals surface area contributed by atoms with Crippen LogP contribution in [0.25, 0.3) is 0 Å². The van der Waals surface area contributed by atoms with Gasteiger partial charge in [0, 0.05) is 18.3 Å². The molecule has 2 unspecified atom stereocenters. The van der Waals surface area contributed by atoms with Gasteiger partial charge in [-0.25, -0.2) is 13.1 Å². The predicted octanol–water partition coefficient (Wildman–Crippen LogP) is 1.42. The summed E-state index contributed by atoms with van der Waals surface area (Å²) in [5, 5.41) is 0. The summed E-state index contributed by atoms with van der Waals surface area (Å²) in [6.07, 6.45) is 1.84. The van der Waals surface area contributed by atoms with Crippen molar-refractivity contribution < 1.29 is 13.2 Å². The maximum absolute atomic E-state index is 12.3. The lowest BCUT2D eigenvalue weighted by Gasteiger charge is -2.20. The van der Waals surface area contributed by atoms with Crippen molar-refractivity contribution in [1.82, 2.24) is 4.72 Å². The zero-order chi connectivity index (χ0) is 14.0. The van der Waals surface area contributed by atoms with Crippen molar-refractivity contribution in [2.75, 3.05) is 12.3 Å². The number of benzene rings is 1. The summed E-state index contributed by atoms with van der Waals surface area (Å²) >= 11 is 0. The molecule has 6 heteroatoms. The van der Waals surface area contributed by atoms with E-state index in [4.69, 9.17) is 10.5 Å². The van der Waals surface area contributed by atoms with Gasteiger partial charge in [-0.15, -0.1) is 0 Å². The van der Waals surface area contributed by atoms with Gasteiger partial charge < -0.3 is 10.5 Å². The van der Waals surface area contributed by atoms with E-state index in [0.717, 1.165) is 18.4 Å². The Balaban J connectivity index is 2.15. The standard InChI is InChI=1S/C13H20N2O3S/c1-9-8-11(5-6-12(9)14)19(16,17)15-10(2)13-4-3-7-18-13/h5-6,8,10,13,15H,3-4,7,14H2,1-2H3. The van der Waals surface area contributed by atoms with Crippen molar-refractivity contribution in [3.8, 4) is 0 Å². The second kappa shape index (κ2) is 5.48. The Bertz CT molecular complexity index is 551. The van der Waals surface area contributed by atoms with Gasteiger partial charge in [0.25, 0.3) is 0 Å². The van der Waals surface area contributed by atoms with E-state index in [1.807, 2.05) is 6.92 Å². The molecule has 2 atom stereocenters. The average molecular weight is 284 g/mol. The van der Waals surface area contributed by atoms with Crippen LogP contribution in [0.5, 0.6) is 0 Å². The van der Waals surface area contributed by atoms with Crippen molar-refractivity contribution in [3.05, 3.63) is 23.8 Å². The molecule has 0 radical (unpaired) electrons. The van der Waals surface area contributed by atoms with Gasteiger partial charge in [0.05, 0.1) is 11.0 Å². The summed E-state index contributed by atoms with van der Waals surface area (Å²) in [5.41, 5.74) is 7.04. The molecular formula is C13H20N2O3S. The highest BCUT2D eigenvalue weighted by Gasteiger charge is 2.27. The molecule has 2 rings (SSSR count). The lowest BCUT2D eigenvalue weighted by molar-refractivity contribution is 0.0902. The van der Waals surface area contributed by atoms with Crippen LogP contribution in [0.2, 0.25) is 0 Å². The molecular weight excluding hydrogens is 264 g/mol. The first-order chi connectivity index (χ1) is 8.90. The van der Waals surface area contributed by atoms with E-state index in [9.17, 15) is 8.42 Å². The highest BCUT2D eigenvalue weighted by atomic mass is 32.2. The molecule has 0 spiro atoms. The Kier molecular flexibility index (Phi) is 4.13. The first-order valence-corrected chi connectivity index (χ1v) is 7.88. The molecule has 19 heavy (non-hydrogen) atoms. The highest BCUT2D eigenvalue weighted by Crippen LogP contribution is 2.20. The number of ether oxygens (including phenoxy) is 1. The quantitative estimate of drug-likeness (QED) is 0.819. The summed E-state index contributed by atoms with van der Waals surface area (Å²) in [6, 6.07) is 4.48. The Hall–Kier alpha value is -1.11. The number of anilines is 1. The minimum Gasteiger partial charge on any atom is -0.399 e. The van der Waals surface area contributed by atoms with E-state index in [1.54, 1.807) is 19.1 Å². The minimum absolute atomic E-state index is 0.0374. The first kappa shape index (κ1) is 14.3. The molecule has 1 heterocycles. The highest BCUT2D eigenvalue weighted by molar-refractivity contribution is 7.89. The van der Waals surface area contributed by atoms with E-state index in [-0.39, 0.29) is 17.0 Å². The Morgan fingerprint density at radius 1 is 1.47 bits per heavy atom. The molecule has 3 N–H and O–H groups in total. The van der Waals surface area contributed by atoms with Crippen molar-refractivity contribution in [1.29, 1.82) is 0 Å². The molecule has 5 nitrogen and oxygen atoms in total. The van der Waals surface area contributed by atoms with E-state index in [0.29, 0.717) is 12.3 Å². The van der Waals surface area contributed by atoms with Gasteiger partial charge >= 0.3 is 0 Å². The summed E-state index contributed by atoms with van der Waals surface area (Å²) in [4.78, 5) is 0.240. The third-order valence-corrected chi connectivity index (χ3v) is 4.97. The molecule has 1 aromatic rings. The van der Waals surface area contributed by atoms with Crippen LogP contribution in [0.1, 0.15) is 25.3 Å². The summed E-state index contributed by atoms with van der Waals surface area (Å²) in [6.45, 7) is 4.33. The topological polar surface area (TPSA) is 81.4 Å². The predicted molar refractivity (Wildman–Crippen MR) is 74.3 cm³/mol. The zero-order valence-corrected chi connectivity index (χ0v) is 12.0. The second-order valence-electron chi connectivity index (χ2n) is 4.98. The normalized spacial score (nSPS) is 21.5. The molecule has 0 amide bonds. The van der Waals surface area contributed by atoms with E-state index in [1.165, 1.54) is 6.07 Å². The monoisotopic (exact) mass is 284 g/mol. The number of nitrogens with two attached hydrogens (primary N) is 1. The van der Waals surface area contributed by atoms with E-state index >= 15 is 0 Å².